The van der Waals surface area contributed by atoms with Gasteiger partial charge in [0.15, 0.2) is 0 Å². The van der Waals surface area contributed by atoms with Gasteiger partial charge in [0, 0.05) is 17.6 Å². The SMILES string of the molecule is CC1CNCCC1NC(=O)c1cc2ccccc2c2cccnc12. The van der Waals surface area contributed by atoms with E-state index < -0.39 is 0 Å². The second kappa shape index (κ2) is 6.21. The quantitative estimate of drug-likeness (QED) is 0.714. The molecule has 0 aliphatic carbocycles. The molecule has 24 heavy (non-hydrogen) atoms. The number of fused-ring (bicyclic) bond motifs is 3. The lowest BCUT2D eigenvalue weighted by molar-refractivity contribution is 0.0916. The van der Waals surface area contributed by atoms with Crippen LogP contribution in [0.15, 0.2) is 48.7 Å². The van der Waals surface area contributed by atoms with Crippen LogP contribution in [0.4, 0.5) is 0 Å². The van der Waals surface area contributed by atoms with E-state index in [4.69, 9.17) is 0 Å². The molecule has 0 radical (unpaired) electrons. The van der Waals surface area contributed by atoms with E-state index in [1.54, 1.807) is 6.20 Å². The molecular formula is C20H21N3O. The Balaban J connectivity index is 1.78. The molecule has 1 saturated heterocycles. The number of carbonyl (C=O) groups excluding carboxylic acids is 1. The van der Waals surface area contributed by atoms with Gasteiger partial charge in [-0.1, -0.05) is 37.3 Å². The highest BCUT2D eigenvalue weighted by atomic mass is 16.1. The fraction of sp³-hybridized carbons (Fsp3) is 0.300. The maximum atomic E-state index is 12.9. The Labute approximate surface area is 141 Å². The van der Waals surface area contributed by atoms with Crippen molar-refractivity contribution < 1.29 is 4.79 Å². The summed E-state index contributed by atoms with van der Waals surface area (Å²) in [6, 6.07) is 14.3. The Morgan fingerprint density at radius 3 is 2.92 bits per heavy atom. The Kier molecular flexibility index (Phi) is 3.90. The Bertz CT molecular complexity index is 906. The molecule has 4 nitrogen and oxygen atoms in total. The lowest BCUT2D eigenvalue weighted by Gasteiger charge is -2.30. The van der Waals surface area contributed by atoms with Gasteiger partial charge in [-0.15, -0.1) is 0 Å². The summed E-state index contributed by atoms with van der Waals surface area (Å²) in [5.41, 5.74) is 1.44. The lowest BCUT2D eigenvalue weighted by atomic mass is 9.94. The summed E-state index contributed by atoms with van der Waals surface area (Å²) in [7, 11) is 0. The summed E-state index contributed by atoms with van der Waals surface area (Å²) >= 11 is 0. The number of carbonyl (C=O) groups is 1. The highest BCUT2D eigenvalue weighted by molar-refractivity contribution is 6.15. The van der Waals surface area contributed by atoms with Crippen molar-refractivity contribution in [2.24, 2.45) is 5.92 Å². The molecule has 1 aliphatic heterocycles. The number of pyridine rings is 1. The molecule has 1 amide bonds. The minimum atomic E-state index is -0.0248. The van der Waals surface area contributed by atoms with Gasteiger partial charge < -0.3 is 10.6 Å². The lowest BCUT2D eigenvalue weighted by Crippen LogP contribution is -2.48. The molecule has 122 valence electrons. The van der Waals surface area contributed by atoms with Crippen molar-refractivity contribution in [2.75, 3.05) is 13.1 Å². The van der Waals surface area contributed by atoms with Crippen LogP contribution in [0.25, 0.3) is 21.7 Å². The largest absolute Gasteiger partial charge is 0.349 e. The molecule has 1 aliphatic rings. The number of hydrogen-bond acceptors (Lipinski definition) is 3. The van der Waals surface area contributed by atoms with Crippen molar-refractivity contribution in [1.82, 2.24) is 15.6 Å². The molecular weight excluding hydrogens is 298 g/mol. The normalized spacial score (nSPS) is 21.0. The van der Waals surface area contributed by atoms with Crippen molar-refractivity contribution in [3.05, 3.63) is 54.2 Å². The summed E-state index contributed by atoms with van der Waals surface area (Å²) in [4.78, 5) is 17.4. The molecule has 0 saturated carbocycles. The maximum absolute atomic E-state index is 12.9. The molecule has 4 heteroatoms. The van der Waals surface area contributed by atoms with Gasteiger partial charge in [-0.25, -0.2) is 0 Å². The number of piperidine rings is 1. The molecule has 0 bridgehead atoms. The predicted molar refractivity (Wildman–Crippen MR) is 97.2 cm³/mol. The van der Waals surface area contributed by atoms with Crippen LogP contribution in [0.2, 0.25) is 0 Å². The van der Waals surface area contributed by atoms with Crippen LogP contribution in [0, 0.1) is 5.92 Å². The molecule has 2 aromatic carbocycles. The van der Waals surface area contributed by atoms with Crippen LogP contribution >= 0.6 is 0 Å². The van der Waals surface area contributed by atoms with E-state index in [-0.39, 0.29) is 11.9 Å². The monoisotopic (exact) mass is 319 g/mol. The number of amides is 1. The van der Waals surface area contributed by atoms with Gasteiger partial charge in [0.1, 0.15) is 0 Å². The van der Waals surface area contributed by atoms with Crippen LogP contribution < -0.4 is 10.6 Å². The van der Waals surface area contributed by atoms with Crippen LogP contribution in [0.5, 0.6) is 0 Å². The topological polar surface area (TPSA) is 54.0 Å². The van der Waals surface area contributed by atoms with E-state index >= 15 is 0 Å². The first-order chi connectivity index (χ1) is 11.7. The second-order valence-corrected chi connectivity index (χ2v) is 6.59. The average Bonchev–Trinajstić information content (AvgIpc) is 2.63. The first-order valence-electron chi connectivity index (χ1n) is 8.52. The highest BCUT2D eigenvalue weighted by Gasteiger charge is 2.24. The van der Waals surface area contributed by atoms with E-state index in [2.05, 4.69) is 28.6 Å². The fourth-order valence-corrected chi connectivity index (χ4v) is 3.58. The van der Waals surface area contributed by atoms with Crippen molar-refractivity contribution in [1.29, 1.82) is 0 Å². The van der Waals surface area contributed by atoms with Gasteiger partial charge in [0.2, 0.25) is 0 Å². The minimum Gasteiger partial charge on any atom is -0.349 e. The van der Waals surface area contributed by atoms with Crippen molar-refractivity contribution >= 4 is 27.6 Å². The van der Waals surface area contributed by atoms with E-state index in [1.807, 2.05) is 36.4 Å². The van der Waals surface area contributed by atoms with Crippen LogP contribution in [0.3, 0.4) is 0 Å². The third-order valence-corrected chi connectivity index (χ3v) is 4.96. The number of nitrogens with zero attached hydrogens (tertiary/aromatic N) is 1. The first kappa shape index (κ1) is 15.1. The Hall–Kier alpha value is -2.46. The molecule has 2 unspecified atom stereocenters. The third kappa shape index (κ3) is 2.63. The summed E-state index contributed by atoms with van der Waals surface area (Å²) < 4.78 is 0. The zero-order valence-electron chi connectivity index (χ0n) is 13.8. The molecule has 2 atom stereocenters. The molecule has 2 heterocycles. The summed E-state index contributed by atoms with van der Waals surface area (Å²) in [5, 5.41) is 9.82. The maximum Gasteiger partial charge on any atom is 0.253 e. The summed E-state index contributed by atoms with van der Waals surface area (Å²) in [6.07, 6.45) is 2.72. The second-order valence-electron chi connectivity index (χ2n) is 6.59. The van der Waals surface area contributed by atoms with Crippen molar-refractivity contribution in [3.8, 4) is 0 Å². The van der Waals surface area contributed by atoms with Gasteiger partial charge in [-0.2, -0.15) is 0 Å². The number of nitrogens with one attached hydrogen (secondary N) is 2. The standard InChI is InChI=1S/C20H21N3O/c1-13-12-21-10-8-18(13)23-20(24)17-11-14-5-2-3-6-15(14)16-7-4-9-22-19(16)17/h2-7,9,11,13,18,21H,8,10,12H2,1H3,(H,23,24). The molecule has 2 N–H and O–H groups in total. The van der Waals surface area contributed by atoms with Crippen LogP contribution in [-0.4, -0.2) is 30.0 Å². The predicted octanol–water partition coefficient (Wildman–Crippen LogP) is 3.12. The molecule has 3 aromatic rings. The highest BCUT2D eigenvalue weighted by Crippen LogP contribution is 2.27. The smallest absolute Gasteiger partial charge is 0.253 e. The fourth-order valence-electron chi connectivity index (χ4n) is 3.58. The number of hydrogen-bond donors (Lipinski definition) is 2. The van der Waals surface area contributed by atoms with E-state index in [0.29, 0.717) is 11.5 Å². The molecule has 1 aromatic heterocycles. The minimum absolute atomic E-state index is 0.0248. The van der Waals surface area contributed by atoms with Crippen LogP contribution in [0.1, 0.15) is 23.7 Å². The first-order valence-corrected chi connectivity index (χ1v) is 8.52. The average molecular weight is 319 g/mol. The summed E-state index contributed by atoms with van der Waals surface area (Å²) in [6.45, 7) is 4.07. The Morgan fingerprint density at radius 1 is 1.21 bits per heavy atom. The zero-order valence-corrected chi connectivity index (χ0v) is 13.8. The van der Waals surface area contributed by atoms with E-state index in [9.17, 15) is 4.79 Å². The van der Waals surface area contributed by atoms with Gasteiger partial charge in [-0.3, -0.25) is 9.78 Å². The van der Waals surface area contributed by atoms with E-state index in [1.165, 1.54) is 0 Å². The van der Waals surface area contributed by atoms with Crippen LogP contribution in [-0.2, 0) is 0 Å². The van der Waals surface area contributed by atoms with Gasteiger partial charge in [0.25, 0.3) is 5.91 Å². The zero-order chi connectivity index (χ0) is 16.5. The van der Waals surface area contributed by atoms with E-state index in [0.717, 1.165) is 41.2 Å². The number of aromatic nitrogens is 1. The Morgan fingerprint density at radius 2 is 2.04 bits per heavy atom. The van der Waals surface area contributed by atoms with Gasteiger partial charge >= 0.3 is 0 Å². The van der Waals surface area contributed by atoms with Crippen molar-refractivity contribution in [3.63, 3.8) is 0 Å². The summed E-state index contributed by atoms with van der Waals surface area (Å²) in [5.74, 6) is 0.408. The number of benzene rings is 2. The number of rotatable bonds is 2. The molecule has 4 rings (SSSR count). The van der Waals surface area contributed by atoms with Crippen molar-refractivity contribution in [2.45, 2.75) is 19.4 Å². The third-order valence-electron chi connectivity index (χ3n) is 4.96. The van der Waals surface area contributed by atoms with Gasteiger partial charge in [-0.05, 0) is 48.3 Å². The molecule has 1 fully saturated rings. The van der Waals surface area contributed by atoms with Gasteiger partial charge in [0.05, 0.1) is 11.1 Å². The molecule has 0 spiro atoms.